The van der Waals surface area contributed by atoms with Gasteiger partial charge in [-0.15, -0.1) is 0 Å². The number of hydrogen-bond donors (Lipinski definition) is 2. The van der Waals surface area contributed by atoms with Crippen molar-refractivity contribution in [3.05, 3.63) is 54.1 Å². The van der Waals surface area contributed by atoms with Crippen molar-refractivity contribution >= 4 is 15.2 Å². The molecular formula is C15H14O6S. The van der Waals surface area contributed by atoms with E-state index in [-0.39, 0.29) is 5.56 Å². The van der Waals surface area contributed by atoms with E-state index in [1.165, 1.54) is 12.1 Å². The van der Waals surface area contributed by atoms with Gasteiger partial charge in [-0.05, 0) is 17.2 Å². The van der Waals surface area contributed by atoms with Gasteiger partial charge in [0.1, 0.15) is 5.75 Å². The van der Waals surface area contributed by atoms with Crippen LogP contribution in [-0.4, -0.2) is 30.3 Å². The Bertz CT molecular complexity index is 780. The molecule has 0 saturated carbocycles. The third kappa shape index (κ3) is 3.33. The largest absolute Gasteiger partial charge is 0.496 e. The Morgan fingerprint density at radius 2 is 1.68 bits per heavy atom. The third-order valence-corrected chi connectivity index (χ3v) is 3.85. The van der Waals surface area contributed by atoms with Gasteiger partial charge in [-0.2, -0.15) is 8.42 Å². The Morgan fingerprint density at radius 1 is 1.09 bits per heavy atom. The molecule has 0 bridgehead atoms. The van der Waals surface area contributed by atoms with Crippen LogP contribution in [-0.2, 0) is 14.9 Å². The van der Waals surface area contributed by atoms with Gasteiger partial charge in [0.05, 0.1) is 7.11 Å². The first-order valence-electron chi connectivity index (χ1n) is 6.27. The van der Waals surface area contributed by atoms with Crippen molar-refractivity contribution in [3.8, 4) is 16.9 Å². The van der Waals surface area contributed by atoms with E-state index in [9.17, 15) is 18.3 Å². The lowest BCUT2D eigenvalue weighted by Gasteiger charge is -2.11. The molecular weight excluding hydrogens is 308 g/mol. The lowest BCUT2D eigenvalue weighted by atomic mass is 10.0. The van der Waals surface area contributed by atoms with Crippen molar-refractivity contribution in [2.24, 2.45) is 0 Å². The van der Waals surface area contributed by atoms with Crippen molar-refractivity contribution in [1.82, 2.24) is 0 Å². The molecule has 2 rings (SSSR count). The van der Waals surface area contributed by atoms with Gasteiger partial charge >= 0.3 is 15.2 Å². The summed E-state index contributed by atoms with van der Waals surface area (Å²) in [5.41, 5.74) is 1.65. The predicted octanol–water partition coefficient (Wildman–Crippen LogP) is 1.81. The molecule has 0 aliphatic heterocycles. The summed E-state index contributed by atoms with van der Waals surface area (Å²) < 4.78 is 35.4. The molecule has 2 aromatic rings. The van der Waals surface area contributed by atoms with E-state index in [4.69, 9.17) is 9.29 Å². The first kappa shape index (κ1) is 16.2. The van der Waals surface area contributed by atoms with Crippen LogP contribution in [0.15, 0.2) is 48.5 Å². The molecule has 1 unspecified atom stereocenters. The van der Waals surface area contributed by atoms with Gasteiger partial charge in [-0.25, -0.2) is 0 Å². The highest BCUT2D eigenvalue weighted by Gasteiger charge is 2.28. The molecule has 2 aromatic carbocycles. The summed E-state index contributed by atoms with van der Waals surface area (Å²) in [6, 6.07) is 13.4. The summed E-state index contributed by atoms with van der Waals surface area (Å²) in [6.07, 6.45) is -1.93. The zero-order chi connectivity index (χ0) is 16.3. The van der Waals surface area contributed by atoms with E-state index in [1.807, 2.05) is 18.2 Å². The Kier molecular flexibility index (Phi) is 4.60. The highest BCUT2D eigenvalue weighted by Crippen LogP contribution is 2.30. The van der Waals surface area contributed by atoms with Gasteiger partial charge in [0.2, 0.25) is 0 Å². The van der Waals surface area contributed by atoms with Crippen molar-refractivity contribution < 1.29 is 27.6 Å². The Labute approximate surface area is 127 Å². The van der Waals surface area contributed by atoms with Gasteiger partial charge in [0.15, 0.2) is 6.10 Å². The van der Waals surface area contributed by atoms with Gasteiger partial charge in [-0.3, -0.25) is 9.35 Å². The molecule has 0 saturated heterocycles. The van der Waals surface area contributed by atoms with E-state index in [2.05, 4.69) is 0 Å². The standard InChI is InChI=1S/C15H14O6S/c1-21-13-5-3-2-4-12(13)10-6-8-11(9-7-10)14(16)15(17)22(18,19)20/h2-9,14,16H,1H3,(H,18,19,20). The zero-order valence-corrected chi connectivity index (χ0v) is 12.4. The van der Waals surface area contributed by atoms with Crippen LogP contribution in [0, 0.1) is 0 Å². The number of carbonyl (C=O) groups is 1. The average molecular weight is 322 g/mol. The molecule has 7 heteroatoms. The minimum atomic E-state index is -4.93. The first-order valence-corrected chi connectivity index (χ1v) is 7.71. The van der Waals surface area contributed by atoms with E-state index in [0.717, 1.165) is 11.1 Å². The summed E-state index contributed by atoms with van der Waals surface area (Å²) in [4.78, 5) is 11.3. The molecule has 0 radical (unpaired) electrons. The second kappa shape index (κ2) is 6.27. The number of hydrogen-bond acceptors (Lipinski definition) is 5. The average Bonchev–Trinajstić information content (AvgIpc) is 2.52. The molecule has 0 fully saturated rings. The van der Waals surface area contributed by atoms with Crippen LogP contribution in [0.5, 0.6) is 5.75 Å². The van der Waals surface area contributed by atoms with Crippen LogP contribution in [0.4, 0.5) is 0 Å². The van der Waals surface area contributed by atoms with Crippen LogP contribution in [0.3, 0.4) is 0 Å². The van der Waals surface area contributed by atoms with Crippen LogP contribution in [0.25, 0.3) is 11.1 Å². The van der Waals surface area contributed by atoms with Crippen molar-refractivity contribution in [2.75, 3.05) is 7.11 Å². The van der Waals surface area contributed by atoms with Crippen LogP contribution < -0.4 is 4.74 Å². The van der Waals surface area contributed by atoms with Crippen molar-refractivity contribution in [3.63, 3.8) is 0 Å². The normalized spacial score (nSPS) is 12.7. The number of aliphatic hydroxyl groups excluding tert-OH is 1. The minimum Gasteiger partial charge on any atom is -0.496 e. The Hall–Kier alpha value is -2.22. The van der Waals surface area contributed by atoms with Crippen molar-refractivity contribution in [2.45, 2.75) is 6.10 Å². The van der Waals surface area contributed by atoms with Crippen LogP contribution >= 0.6 is 0 Å². The second-order valence-corrected chi connectivity index (χ2v) is 5.87. The van der Waals surface area contributed by atoms with Crippen molar-refractivity contribution in [1.29, 1.82) is 0 Å². The molecule has 0 amide bonds. The maximum absolute atomic E-state index is 11.3. The molecule has 0 aliphatic rings. The molecule has 0 aliphatic carbocycles. The molecule has 6 nitrogen and oxygen atoms in total. The van der Waals surface area contributed by atoms with E-state index < -0.39 is 21.3 Å². The smallest absolute Gasteiger partial charge is 0.331 e. The number of carbonyl (C=O) groups excluding carboxylic acids is 1. The van der Waals surface area contributed by atoms with Gasteiger partial charge in [-0.1, -0.05) is 42.5 Å². The zero-order valence-electron chi connectivity index (χ0n) is 11.6. The van der Waals surface area contributed by atoms with E-state index in [0.29, 0.717) is 5.75 Å². The van der Waals surface area contributed by atoms with Crippen LogP contribution in [0.2, 0.25) is 0 Å². The summed E-state index contributed by atoms with van der Waals surface area (Å²) >= 11 is 0. The fraction of sp³-hybridized carbons (Fsp3) is 0.133. The number of para-hydroxylation sites is 1. The van der Waals surface area contributed by atoms with Crippen LogP contribution in [0.1, 0.15) is 11.7 Å². The number of methoxy groups -OCH3 is 1. The summed E-state index contributed by atoms with van der Waals surface area (Å²) in [7, 11) is -3.39. The molecule has 116 valence electrons. The number of aliphatic hydroxyl groups is 1. The van der Waals surface area contributed by atoms with E-state index in [1.54, 1.807) is 25.3 Å². The first-order chi connectivity index (χ1) is 10.3. The maximum atomic E-state index is 11.3. The summed E-state index contributed by atoms with van der Waals surface area (Å²) in [5, 5.41) is 8.02. The minimum absolute atomic E-state index is 0.0706. The highest BCUT2D eigenvalue weighted by molar-refractivity contribution is 8.01. The monoisotopic (exact) mass is 322 g/mol. The molecule has 0 spiro atoms. The predicted molar refractivity (Wildman–Crippen MR) is 79.9 cm³/mol. The Morgan fingerprint density at radius 3 is 2.23 bits per heavy atom. The molecule has 1 atom stereocenters. The summed E-state index contributed by atoms with van der Waals surface area (Å²) in [5.74, 6) is 0.657. The molecule has 22 heavy (non-hydrogen) atoms. The second-order valence-electron chi connectivity index (χ2n) is 4.52. The third-order valence-electron chi connectivity index (χ3n) is 3.12. The molecule has 2 N–H and O–H groups in total. The Balaban J connectivity index is 2.33. The quantitative estimate of drug-likeness (QED) is 0.833. The molecule has 0 aromatic heterocycles. The number of ether oxygens (including phenoxy) is 1. The topological polar surface area (TPSA) is 101 Å². The molecule has 0 heterocycles. The fourth-order valence-corrected chi connectivity index (χ4v) is 2.42. The van der Waals surface area contributed by atoms with Gasteiger partial charge < -0.3 is 9.84 Å². The lowest BCUT2D eigenvalue weighted by molar-refractivity contribution is -0.119. The summed E-state index contributed by atoms with van der Waals surface area (Å²) in [6.45, 7) is 0. The SMILES string of the molecule is COc1ccccc1-c1ccc(C(O)C(=O)S(=O)(=O)O)cc1. The number of benzene rings is 2. The highest BCUT2D eigenvalue weighted by atomic mass is 32.2. The van der Waals surface area contributed by atoms with E-state index >= 15 is 0 Å². The maximum Gasteiger partial charge on any atom is 0.331 e. The van der Waals surface area contributed by atoms with Gasteiger partial charge in [0, 0.05) is 5.56 Å². The van der Waals surface area contributed by atoms with Gasteiger partial charge in [0.25, 0.3) is 0 Å². The fourth-order valence-electron chi connectivity index (χ4n) is 2.01. The number of rotatable bonds is 4. The lowest BCUT2D eigenvalue weighted by Crippen LogP contribution is -2.21.